The Labute approximate surface area is 219 Å². The van der Waals surface area contributed by atoms with Gasteiger partial charge in [-0.1, -0.05) is 19.1 Å². The van der Waals surface area contributed by atoms with Crippen molar-refractivity contribution in [2.45, 2.75) is 58.1 Å². The Balaban J connectivity index is 1.25. The van der Waals surface area contributed by atoms with Gasteiger partial charge < -0.3 is 13.9 Å². The minimum atomic E-state index is -1.02. The minimum absolute atomic E-state index is 0.0656. The zero-order chi connectivity index (χ0) is 26.6. The van der Waals surface area contributed by atoms with E-state index in [9.17, 15) is 19.2 Å². The molecule has 1 saturated heterocycles. The van der Waals surface area contributed by atoms with Crippen LogP contribution < -0.4 is 10.1 Å². The van der Waals surface area contributed by atoms with Crippen LogP contribution in [-0.4, -0.2) is 57.2 Å². The van der Waals surface area contributed by atoms with Crippen molar-refractivity contribution >= 4 is 29.3 Å². The highest BCUT2D eigenvalue weighted by Crippen LogP contribution is 2.34. The zero-order valence-corrected chi connectivity index (χ0v) is 21.3. The molecule has 10 heteroatoms. The normalized spacial score (nSPS) is 17.3. The number of aryl methyl sites for hydroxylation is 1. The van der Waals surface area contributed by atoms with E-state index in [2.05, 4.69) is 29.5 Å². The van der Waals surface area contributed by atoms with Gasteiger partial charge in [0.15, 0.2) is 0 Å². The van der Waals surface area contributed by atoms with E-state index in [0.29, 0.717) is 5.69 Å². The quantitative estimate of drug-likeness (QED) is 0.306. The number of pyridine rings is 1. The first-order chi connectivity index (χ1) is 18.5. The van der Waals surface area contributed by atoms with Crippen LogP contribution in [0.15, 0.2) is 42.7 Å². The Morgan fingerprint density at radius 1 is 1.03 bits per heavy atom. The Bertz CT molecular complexity index is 1400. The molecule has 3 aromatic rings. The summed E-state index contributed by atoms with van der Waals surface area (Å²) >= 11 is 0. The molecule has 1 unspecified atom stereocenters. The second-order valence-corrected chi connectivity index (χ2v) is 9.52. The molecule has 2 aliphatic rings. The van der Waals surface area contributed by atoms with E-state index < -0.39 is 29.7 Å². The molecule has 4 heterocycles. The van der Waals surface area contributed by atoms with Crippen molar-refractivity contribution < 1.29 is 28.7 Å². The number of unbranched alkanes of at least 4 members (excludes halogenated alkanes) is 1. The third-order valence-electron chi connectivity index (χ3n) is 6.72. The average molecular weight is 519 g/mol. The van der Waals surface area contributed by atoms with Crippen molar-refractivity contribution in [1.29, 1.82) is 0 Å². The Morgan fingerprint density at radius 2 is 1.89 bits per heavy atom. The fraction of sp³-hybridized carbons (Fsp3) is 0.393. The van der Waals surface area contributed by atoms with Gasteiger partial charge in [0, 0.05) is 32.0 Å². The molecule has 1 N–H and O–H groups in total. The van der Waals surface area contributed by atoms with Crippen LogP contribution in [0.2, 0.25) is 0 Å². The number of piperidine rings is 1. The number of fused-ring (bicyclic) bond motifs is 2. The maximum Gasteiger partial charge on any atom is 0.266 e. The predicted octanol–water partition coefficient (Wildman–Crippen LogP) is 3.06. The monoisotopic (exact) mass is 518 g/mol. The topological polar surface area (TPSA) is 119 Å². The zero-order valence-electron chi connectivity index (χ0n) is 21.3. The third-order valence-corrected chi connectivity index (χ3v) is 6.72. The van der Waals surface area contributed by atoms with Gasteiger partial charge >= 0.3 is 0 Å². The molecule has 1 atom stereocenters. The number of imide groups is 2. The summed E-state index contributed by atoms with van der Waals surface area (Å²) in [6.07, 6.45) is 8.15. The number of amides is 4. The van der Waals surface area contributed by atoms with Crippen LogP contribution in [0, 0.1) is 0 Å². The number of carbonyl (C=O) groups is 4. The maximum absolute atomic E-state index is 13.2. The molecular weight excluding hydrogens is 488 g/mol. The van der Waals surface area contributed by atoms with Crippen molar-refractivity contribution in [3.05, 3.63) is 65.1 Å². The number of ether oxygens (including phenoxy) is 2. The Kier molecular flexibility index (Phi) is 7.50. The molecule has 0 radical (unpaired) electrons. The largest absolute Gasteiger partial charge is 0.486 e. The standard InChI is InChI=1S/C28H30N4O6/c1-2-13-37-14-4-3-6-18-9-11-23-29-19(16-31(23)15-18)17-38-22-8-5-7-20-25(22)28(36)32(27(20)35)21-10-12-24(33)30-26(21)34/h5,7-9,11,15-16,21H,2-4,6,10,12-14,17H2,1H3,(H,30,33,34). The molecule has 0 spiro atoms. The van der Waals surface area contributed by atoms with Crippen molar-refractivity contribution in [1.82, 2.24) is 19.6 Å². The summed E-state index contributed by atoms with van der Waals surface area (Å²) in [5.74, 6) is -1.98. The number of benzene rings is 1. The molecule has 2 aromatic heterocycles. The van der Waals surface area contributed by atoms with E-state index in [-0.39, 0.29) is 36.3 Å². The summed E-state index contributed by atoms with van der Waals surface area (Å²) in [6.45, 7) is 3.79. The van der Waals surface area contributed by atoms with Crippen LogP contribution in [0.4, 0.5) is 0 Å². The van der Waals surface area contributed by atoms with E-state index in [1.807, 2.05) is 16.7 Å². The highest BCUT2D eigenvalue weighted by molar-refractivity contribution is 6.24. The predicted molar refractivity (Wildman–Crippen MR) is 137 cm³/mol. The van der Waals surface area contributed by atoms with Crippen LogP contribution in [0.25, 0.3) is 5.65 Å². The fourth-order valence-corrected chi connectivity index (χ4v) is 4.84. The number of carbonyl (C=O) groups excluding carboxylic acids is 4. The lowest BCUT2D eigenvalue weighted by Gasteiger charge is -2.27. The van der Waals surface area contributed by atoms with E-state index >= 15 is 0 Å². The molecule has 4 amide bonds. The van der Waals surface area contributed by atoms with Gasteiger partial charge in [0.2, 0.25) is 11.8 Å². The Morgan fingerprint density at radius 3 is 2.71 bits per heavy atom. The number of rotatable bonds is 11. The number of imidazole rings is 1. The first kappa shape index (κ1) is 25.6. The molecule has 2 aliphatic heterocycles. The lowest BCUT2D eigenvalue weighted by molar-refractivity contribution is -0.136. The lowest BCUT2D eigenvalue weighted by Crippen LogP contribution is -2.54. The number of nitrogens with one attached hydrogen (secondary N) is 1. The van der Waals surface area contributed by atoms with Gasteiger partial charge in [-0.2, -0.15) is 0 Å². The van der Waals surface area contributed by atoms with E-state index in [1.165, 1.54) is 11.6 Å². The molecule has 1 fully saturated rings. The molecule has 0 bridgehead atoms. The number of hydrogen-bond donors (Lipinski definition) is 1. The first-order valence-electron chi connectivity index (χ1n) is 13.0. The molecule has 10 nitrogen and oxygen atoms in total. The van der Waals surface area contributed by atoms with Crippen molar-refractivity contribution in [3.63, 3.8) is 0 Å². The molecule has 1 aromatic carbocycles. The van der Waals surface area contributed by atoms with E-state index in [0.717, 1.165) is 49.4 Å². The second kappa shape index (κ2) is 11.1. The van der Waals surface area contributed by atoms with Crippen LogP contribution in [0.1, 0.15) is 71.0 Å². The number of aromatic nitrogens is 2. The smallest absolute Gasteiger partial charge is 0.266 e. The minimum Gasteiger partial charge on any atom is -0.486 e. The molecule has 0 saturated carbocycles. The van der Waals surface area contributed by atoms with Crippen molar-refractivity contribution in [2.24, 2.45) is 0 Å². The first-order valence-corrected chi connectivity index (χ1v) is 13.0. The summed E-state index contributed by atoms with van der Waals surface area (Å²) in [5, 5.41) is 2.20. The SMILES string of the molecule is CCCOCCCCc1ccc2nc(COc3cccc4c3C(=O)N(C3CCC(=O)NC3=O)C4=O)cn2c1. The average Bonchev–Trinajstić information content (AvgIpc) is 3.43. The van der Waals surface area contributed by atoms with E-state index in [4.69, 9.17) is 9.47 Å². The van der Waals surface area contributed by atoms with Crippen LogP contribution in [0.3, 0.4) is 0 Å². The number of nitrogens with zero attached hydrogens (tertiary/aromatic N) is 3. The second-order valence-electron chi connectivity index (χ2n) is 9.52. The molecule has 5 rings (SSSR count). The van der Waals surface area contributed by atoms with Gasteiger partial charge in [-0.05, 0) is 55.9 Å². The van der Waals surface area contributed by atoms with E-state index in [1.54, 1.807) is 12.1 Å². The summed E-state index contributed by atoms with van der Waals surface area (Å²) in [5.41, 5.74) is 2.96. The van der Waals surface area contributed by atoms with Gasteiger partial charge in [0.1, 0.15) is 24.0 Å². The lowest BCUT2D eigenvalue weighted by atomic mass is 10.0. The van der Waals surface area contributed by atoms with Crippen LogP contribution in [-0.2, 0) is 27.4 Å². The molecule has 38 heavy (non-hydrogen) atoms. The summed E-state index contributed by atoms with van der Waals surface area (Å²) in [6, 6.07) is 7.80. The van der Waals surface area contributed by atoms with Crippen molar-refractivity contribution in [3.8, 4) is 5.75 Å². The third kappa shape index (κ3) is 5.17. The summed E-state index contributed by atoms with van der Waals surface area (Å²) in [4.78, 5) is 55.6. The highest BCUT2D eigenvalue weighted by atomic mass is 16.5. The van der Waals surface area contributed by atoms with Gasteiger partial charge in [0.25, 0.3) is 11.8 Å². The number of hydrogen-bond acceptors (Lipinski definition) is 7. The van der Waals surface area contributed by atoms with Crippen LogP contribution >= 0.6 is 0 Å². The molecule has 0 aliphatic carbocycles. The van der Waals surface area contributed by atoms with Crippen molar-refractivity contribution in [2.75, 3.05) is 13.2 Å². The summed E-state index contributed by atoms with van der Waals surface area (Å²) < 4.78 is 13.5. The Hall–Kier alpha value is -4.05. The summed E-state index contributed by atoms with van der Waals surface area (Å²) in [7, 11) is 0. The van der Waals surface area contributed by atoms with Gasteiger partial charge in [-0.25, -0.2) is 4.98 Å². The molecular formula is C28H30N4O6. The highest BCUT2D eigenvalue weighted by Gasteiger charge is 2.46. The van der Waals surface area contributed by atoms with Gasteiger partial charge in [-0.15, -0.1) is 0 Å². The maximum atomic E-state index is 13.2. The van der Waals surface area contributed by atoms with Gasteiger partial charge in [0.05, 0.1) is 16.8 Å². The molecule has 198 valence electrons. The fourth-order valence-electron chi connectivity index (χ4n) is 4.84. The van der Waals surface area contributed by atoms with Gasteiger partial charge in [-0.3, -0.25) is 29.4 Å². The van der Waals surface area contributed by atoms with Crippen LogP contribution in [0.5, 0.6) is 5.75 Å².